The van der Waals surface area contributed by atoms with Crippen LogP contribution < -0.4 is 94.6 Å². The lowest BCUT2D eigenvalue weighted by Crippen LogP contribution is -2.68. The van der Waals surface area contributed by atoms with Gasteiger partial charge in [0.15, 0.2) is 0 Å². The van der Waals surface area contributed by atoms with Crippen molar-refractivity contribution in [3.05, 3.63) is 242 Å². The predicted octanol–water partition coefficient (Wildman–Crippen LogP) is 9.37. The van der Waals surface area contributed by atoms with E-state index in [1.807, 2.05) is 36.4 Å². The van der Waals surface area contributed by atoms with E-state index in [-0.39, 0.29) is 26.9 Å². The first-order chi connectivity index (χ1) is 43.1. The number of rotatable bonds is 2. The Hall–Kier alpha value is -11.5. The third-order valence-electron chi connectivity index (χ3n) is 20.0. The normalized spacial score (nSPS) is 14.4. The van der Waals surface area contributed by atoms with Crippen molar-refractivity contribution in [1.29, 1.82) is 10.5 Å². The minimum atomic E-state index is -0.298. The van der Waals surface area contributed by atoms with Gasteiger partial charge in [-0.05, 0) is 126 Å². The van der Waals surface area contributed by atoms with Crippen molar-refractivity contribution < 1.29 is 13.9 Å². The minimum absolute atomic E-state index is 0.181. The predicted molar refractivity (Wildman–Crippen MR) is 354 cm³/mol. The molecule has 0 spiro atoms. The second kappa shape index (κ2) is 16.2. The van der Waals surface area contributed by atoms with Crippen LogP contribution in [0, 0.1) is 22.7 Å². The van der Waals surface area contributed by atoms with Crippen LogP contribution in [0.5, 0.6) is 23.0 Å². The van der Waals surface area contributed by atoms with Crippen LogP contribution in [-0.2, 0) is 0 Å². The van der Waals surface area contributed by atoms with E-state index in [1.165, 1.54) is 10.9 Å². The van der Waals surface area contributed by atoms with E-state index in [4.69, 9.17) is 13.9 Å². The molecule has 8 aliphatic heterocycles. The molecule has 0 radical (unpaired) electrons. The Balaban J connectivity index is 0.870. The molecular weight excluding hydrogens is 1060 g/mol. The summed E-state index contributed by atoms with van der Waals surface area (Å²) in [5.74, 6) is 2.69. The lowest BCUT2D eigenvalue weighted by Gasteiger charge is -2.49. The molecule has 0 saturated heterocycles. The molecule has 0 amide bonds. The van der Waals surface area contributed by atoms with Crippen LogP contribution in [0.15, 0.2) is 235 Å². The summed E-state index contributed by atoms with van der Waals surface area (Å²) in [5.41, 5.74) is 27.4. The highest BCUT2D eigenvalue weighted by atomic mass is 16.5. The monoisotopic (exact) mass is 1100 g/mol. The fourth-order valence-electron chi connectivity index (χ4n) is 16.8. The molecule has 13 aromatic rings. The fourth-order valence-corrected chi connectivity index (χ4v) is 16.8. The molecule has 9 heterocycles. The quantitative estimate of drug-likeness (QED) is 0.157. The van der Waals surface area contributed by atoms with Gasteiger partial charge in [0.2, 0.25) is 0 Å². The van der Waals surface area contributed by atoms with Gasteiger partial charge in [-0.25, -0.2) is 0 Å². The minimum Gasteiger partial charge on any atom is -0.457 e. The molecule has 0 saturated carbocycles. The third kappa shape index (κ3) is 5.51. The Morgan fingerprint density at radius 3 is 1.01 bits per heavy atom. The van der Waals surface area contributed by atoms with E-state index in [9.17, 15) is 10.5 Å². The Bertz CT molecular complexity index is 5150. The third-order valence-corrected chi connectivity index (χ3v) is 20.0. The summed E-state index contributed by atoms with van der Waals surface area (Å²) in [6.07, 6.45) is 0. The Morgan fingerprint density at radius 1 is 0.299 bits per heavy atom. The van der Waals surface area contributed by atoms with Gasteiger partial charge < -0.3 is 33.5 Å². The molecule has 0 N–H and O–H groups in total. The molecule has 0 aliphatic carbocycles. The van der Waals surface area contributed by atoms with Crippen LogP contribution in [0.4, 0.5) is 68.2 Å². The first-order valence-corrected chi connectivity index (χ1v) is 29.7. The maximum atomic E-state index is 11.9. The molecule has 394 valence electrons. The summed E-state index contributed by atoms with van der Waals surface area (Å²) in [4.78, 5) is 9.49. The summed E-state index contributed by atoms with van der Waals surface area (Å²) >= 11 is 0. The average molecular weight is 1100 g/mol. The van der Waals surface area contributed by atoms with E-state index in [0.717, 1.165) is 145 Å². The lowest BCUT2D eigenvalue weighted by molar-refractivity contribution is 0.486. The Kier molecular flexibility index (Phi) is 8.56. The van der Waals surface area contributed by atoms with Crippen molar-refractivity contribution in [2.24, 2.45) is 0 Å². The first kappa shape index (κ1) is 45.9. The maximum Gasteiger partial charge on any atom is 0.256 e. The second-order valence-electron chi connectivity index (χ2n) is 23.9. The zero-order valence-electron chi connectivity index (χ0n) is 46.2. The Labute approximate surface area is 500 Å². The number of ether oxygens (including phenoxy) is 2. The molecule has 0 atom stereocenters. The van der Waals surface area contributed by atoms with Gasteiger partial charge in [-0.15, -0.1) is 0 Å². The summed E-state index contributed by atoms with van der Waals surface area (Å²) in [6.45, 7) is -0.957. The van der Waals surface area contributed by atoms with Gasteiger partial charge in [-0.3, -0.25) is 0 Å². The van der Waals surface area contributed by atoms with E-state index >= 15 is 0 Å². The topological polar surface area (TPSA) is 92.1 Å². The number of hydrogen-bond donors (Lipinski definition) is 0. The van der Waals surface area contributed by atoms with Crippen molar-refractivity contribution in [2.75, 3.05) is 19.6 Å². The molecule has 13 heteroatoms. The standard InChI is InChI=1S/C74H38B4N6O3/c79-39-45-69-65-71-67-73(45)86-61-33-17-11-27-51(61)75(67)47-23-7-13-29-55(47)83(71)57-31-15-9-25-49(57)77(65)53-35-43-44-36-54-60(38-64(44)85-63(43)37-59(53)81(69)41-19-3-1-4-20-41)82(42-21-5-2-6-22-42)70-46(40-80)74-68-72-66(70)78(54)50-26-10-16-32-58(50)84(72)56-30-14-8-24-48(56)76(68)52-28-12-18-34-62(52)87-74/h1-38H. The Morgan fingerprint density at radius 2 is 0.632 bits per heavy atom. The van der Waals surface area contributed by atoms with E-state index in [1.54, 1.807) is 0 Å². The maximum absolute atomic E-state index is 11.9. The molecule has 9 nitrogen and oxygen atoms in total. The van der Waals surface area contributed by atoms with Gasteiger partial charge in [-0.1, -0.05) is 158 Å². The highest BCUT2D eigenvalue weighted by Crippen LogP contribution is 2.54. The number of benzene rings is 12. The SMILES string of the molecule is N#Cc1c2c3c4c5c1N(c1ccccc1)c1cc6oc7cc8c(cc7c6cc1B5c1ccccc1N4c1ccccc1B3c1ccccc1O2)B1c2ccccc2N2c3ccccc3B3c4ccccc4Oc4c(C#N)c(c1c2c43)N8c1ccccc1. The van der Waals surface area contributed by atoms with Crippen LogP contribution >= 0.6 is 0 Å². The van der Waals surface area contributed by atoms with Gasteiger partial charge in [0.25, 0.3) is 26.9 Å². The number of hydrogen-bond acceptors (Lipinski definition) is 9. The molecule has 8 aliphatic rings. The van der Waals surface area contributed by atoms with Crippen LogP contribution in [0.2, 0.25) is 0 Å². The van der Waals surface area contributed by atoms with Crippen molar-refractivity contribution in [3.63, 3.8) is 0 Å². The highest BCUT2D eigenvalue weighted by Gasteiger charge is 2.55. The zero-order valence-corrected chi connectivity index (χ0v) is 46.2. The second-order valence-corrected chi connectivity index (χ2v) is 23.9. The molecule has 0 fully saturated rings. The number of para-hydroxylation sites is 8. The molecule has 21 rings (SSSR count). The van der Waals surface area contributed by atoms with Gasteiger partial charge in [0.1, 0.15) is 57.4 Å². The molecule has 0 unspecified atom stereocenters. The summed E-state index contributed by atoms with van der Waals surface area (Å²) in [6, 6.07) is 87.5. The summed E-state index contributed by atoms with van der Waals surface area (Å²) < 4.78 is 21.6. The van der Waals surface area contributed by atoms with Gasteiger partial charge >= 0.3 is 0 Å². The van der Waals surface area contributed by atoms with E-state index in [2.05, 4.69) is 226 Å². The number of nitrogens with zero attached hydrogens (tertiary/aromatic N) is 6. The van der Waals surface area contributed by atoms with Crippen molar-refractivity contribution >= 4 is 183 Å². The van der Waals surface area contributed by atoms with E-state index in [0.29, 0.717) is 33.8 Å². The molecule has 1 aromatic heterocycles. The average Bonchev–Trinajstić information content (AvgIpc) is 0.969. The van der Waals surface area contributed by atoms with Crippen LogP contribution in [0.1, 0.15) is 11.1 Å². The largest absolute Gasteiger partial charge is 0.457 e. The van der Waals surface area contributed by atoms with Gasteiger partial charge in [0, 0.05) is 79.8 Å². The van der Waals surface area contributed by atoms with E-state index < -0.39 is 0 Å². The first-order valence-electron chi connectivity index (χ1n) is 29.7. The van der Waals surface area contributed by atoms with Crippen LogP contribution in [0.25, 0.3) is 21.9 Å². The van der Waals surface area contributed by atoms with Crippen molar-refractivity contribution in [3.8, 4) is 35.1 Å². The number of fused-ring (bicyclic) bond motifs is 23. The zero-order chi connectivity index (χ0) is 56.7. The number of furan rings is 1. The number of nitriles is 2. The molecule has 87 heavy (non-hydrogen) atoms. The van der Waals surface area contributed by atoms with Crippen LogP contribution in [-0.4, -0.2) is 26.9 Å². The smallest absolute Gasteiger partial charge is 0.256 e. The van der Waals surface area contributed by atoms with Gasteiger partial charge in [-0.2, -0.15) is 10.5 Å². The summed E-state index contributed by atoms with van der Waals surface area (Å²) in [7, 11) is 0. The van der Waals surface area contributed by atoms with Crippen LogP contribution in [0.3, 0.4) is 0 Å². The molecular formula is C74H38B4N6O3. The highest BCUT2D eigenvalue weighted by molar-refractivity contribution is 7.06. The van der Waals surface area contributed by atoms with Crippen molar-refractivity contribution in [1.82, 2.24) is 0 Å². The number of anilines is 12. The summed E-state index contributed by atoms with van der Waals surface area (Å²) in [5, 5.41) is 25.8. The van der Waals surface area contributed by atoms with Gasteiger partial charge in [0.05, 0.1) is 11.4 Å². The molecule has 0 bridgehead atoms. The lowest BCUT2D eigenvalue weighted by atomic mass is 9.29. The van der Waals surface area contributed by atoms with Crippen molar-refractivity contribution in [2.45, 2.75) is 0 Å². The molecule has 12 aromatic carbocycles. The fraction of sp³-hybridized carbons (Fsp3) is 0.